The summed E-state index contributed by atoms with van der Waals surface area (Å²) in [4.78, 5) is 23.8. The Hall–Kier alpha value is -3.22. The molecule has 0 saturated carbocycles. The summed E-state index contributed by atoms with van der Waals surface area (Å²) in [6.07, 6.45) is 0.727. The van der Waals surface area contributed by atoms with E-state index in [1.54, 1.807) is 31.4 Å². The summed E-state index contributed by atoms with van der Waals surface area (Å²) in [5, 5.41) is 0. The molecule has 2 rings (SSSR count). The molecule has 0 aliphatic heterocycles. The largest absolute Gasteiger partial charge is 0.497 e. The number of nitrogens with one attached hydrogen (secondary N) is 2. The van der Waals surface area contributed by atoms with Crippen molar-refractivity contribution < 1.29 is 23.8 Å². The van der Waals surface area contributed by atoms with Crippen LogP contribution < -0.4 is 25.1 Å². The van der Waals surface area contributed by atoms with Crippen molar-refractivity contribution in [2.75, 3.05) is 20.3 Å². The molecule has 144 valence electrons. The Morgan fingerprint density at radius 3 is 2.22 bits per heavy atom. The van der Waals surface area contributed by atoms with Gasteiger partial charge in [0.2, 0.25) is 5.91 Å². The predicted molar refractivity (Wildman–Crippen MR) is 101 cm³/mol. The number of methoxy groups -OCH3 is 1. The third-order valence-electron chi connectivity index (χ3n) is 3.62. The molecule has 2 N–H and O–H groups in total. The molecule has 0 aromatic heterocycles. The topological polar surface area (TPSA) is 85.9 Å². The molecule has 7 heteroatoms. The van der Waals surface area contributed by atoms with Crippen LogP contribution in [0.25, 0.3) is 0 Å². The van der Waals surface area contributed by atoms with E-state index in [9.17, 15) is 9.59 Å². The monoisotopic (exact) mass is 372 g/mol. The van der Waals surface area contributed by atoms with Gasteiger partial charge in [-0.15, -0.1) is 0 Å². The van der Waals surface area contributed by atoms with Crippen molar-refractivity contribution in [3.63, 3.8) is 0 Å². The number of carbonyl (C=O) groups is 2. The molecule has 27 heavy (non-hydrogen) atoms. The van der Waals surface area contributed by atoms with Crippen LogP contribution >= 0.6 is 0 Å². The zero-order chi connectivity index (χ0) is 19.5. The fraction of sp³-hybridized carbons (Fsp3) is 0.300. The fourth-order valence-corrected chi connectivity index (χ4v) is 2.26. The Bertz CT molecular complexity index is 746. The van der Waals surface area contributed by atoms with Gasteiger partial charge in [0.1, 0.15) is 5.75 Å². The van der Waals surface area contributed by atoms with Gasteiger partial charge in [-0.3, -0.25) is 20.4 Å². The van der Waals surface area contributed by atoms with Crippen LogP contribution in [-0.4, -0.2) is 32.1 Å². The second-order valence-electron chi connectivity index (χ2n) is 5.56. The van der Waals surface area contributed by atoms with Gasteiger partial charge in [0.25, 0.3) is 5.91 Å². The quantitative estimate of drug-likeness (QED) is 0.522. The number of amides is 2. The SMILES string of the molecule is CCOc1ccccc1OCCCC(=O)NNC(=O)c1ccc(OC)cc1. The highest BCUT2D eigenvalue weighted by Gasteiger charge is 2.08. The average molecular weight is 372 g/mol. The summed E-state index contributed by atoms with van der Waals surface area (Å²) in [6.45, 7) is 2.82. The highest BCUT2D eigenvalue weighted by Crippen LogP contribution is 2.26. The fourth-order valence-electron chi connectivity index (χ4n) is 2.26. The lowest BCUT2D eigenvalue weighted by Gasteiger charge is -2.11. The van der Waals surface area contributed by atoms with E-state index in [0.29, 0.717) is 42.4 Å². The van der Waals surface area contributed by atoms with Gasteiger partial charge < -0.3 is 14.2 Å². The first-order chi connectivity index (χ1) is 13.1. The zero-order valence-electron chi connectivity index (χ0n) is 15.5. The van der Waals surface area contributed by atoms with Crippen molar-refractivity contribution in [3.8, 4) is 17.2 Å². The molecule has 0 bridgehead atoms. The van der Waals surface area contributed by atoms with Crippen LogP contribution in [0.5, 0.6) is 17.2 Å². The Kier molecular flexibility index (Phi) is 7.96. The highest BCUT2D eigenvalue weighted by atomic mass is 16.5. The smallest absolute Gasteiger partial charge is 0.269 e. The van der Waals surface area contributed by atoms with Crippen molar-refractivity contribution in [3.05, 3.63) is 54.1 Å². The number of hydrogen-bond donors (Lipinski definition) is 2. The van der Waals surface area contributed by atoms with E-state index in [0.717, 1.165) is 0 Å². The Labute approximate surface area is 158 Å². The number of hydrazine groups is 1. The molecule has 0 aliphatic rings. The van der Waals surface area contributed by atoms with Gasteiger partial charge in [-0.2, -0.15) is 0 Å². The molecule has 0 fully saturated rings. The maximum Gasteiger partial charge on any atom is 0.269 e. The third-order valence-corrected chi connectivity index (χ3v) is 3.62. The lowest BCUT2D eigenvalue weighted by Crippen LogP contribution is -2.41. The first kappa shape index (κ1) is 20.1. The summed E-state index contributed by atoms with van der Waals surface area (Å²) >= 11 is 0. The molecule has 0 aliphatic carbocycles. The van der Waals surface area contributed by atoms with Crippen molar-refractivity contribution in [2.24, 2.45) is 0 Å². The molecular weight excluding hydrogens is 348 g/mol. The number of rotatable bonds is 9. The van der Waals surface area contributed by atoms with Gasteiger partial charge in [-0.1, -0.05) is 12.1 Å². The first-order valence-electron chi connectivity index (χ1n) is 8.72. The molecule has 0 spiro atoms. The molecule has 0 saturated heterocycles. The van der Waals surface area contributed by atoms with E-state index in [4.69, 9.17) is 14.2 Å². The molecule has 0 atom stereocenters. The van der Waals surface area contributed by atoms with Crippen LogP contribution in [0.4, 0.5) is 0 Å². The molecular formula is C20H24N2O5. The minimum atomic E-state index is -0.395. The van der Waals surface area contributed by atoms with Crippen molar-refractivity contribution in [1.29, 1.82) is 0 Å². The Morgan fingerprint density at radius 2 is 1.59 bits per heavy atom. The Morgan fingerprint density at radius 1 is 0.926 bits per heavy atom. The van der Waals surface area contributed by atoms with E-state index >= 15 is 0 Å². The van der Waals surface area contributed by atoms with Crippen LogP contribution in [0.15, 0.2) is 48.5 Å². The summed E-state index contributed by atoms with van der Waals surface area (Å²) in [5.74, 6) is 1.29. The lowest BCUT2D eigenvalue weighted by atomic mass is 10.2. The summed E-state index contributed by atoms with van der Waals surface area (Å²) in [5.41, 5.74) is 5.19. The number of carbonyl (C=O) groups excluding carboxylic acids is 2. The third kappa shape index (κ3) is 6.54. The van der Waals surface area contributed by atoms with Gasteiger partial charge in [-0.25, -0.2) is 0 Å². The zero-order valence-corrected chi connectivity index (χ0v) is 15.5. The number of para-hydroxylation sites is 2. The second kappa shape index (κ2) is 10.7. The average Bonchev–Trinajstić information content (AvgIpc) is 2.70. The summed E-state index contributed by atoms with van der Waals surface area (Å²) in [6, 6.07) is 14.0. The molecule has 0 unspecified atom stereocenters. The van der Waals surface area contributed by atoms with Crippen LogP contribution in [-0.2, 0) is 4.79 Å². The van der Waals surface area contributed by atoms with Crippen molar-refractivity contribution >= 4 is 11.8 Å². The van der Waals surface area contributed by atoms with Crippen molar-refractivity contribution in [1.82, 2.24) is 10.9 Å². The number of hydrogen-bond acceptors (Lipinski definition) is 5. The molecule has 0 heterocycles. The second-order valence-corrected chi connectivity index (χ2v) is 5.56. The van der Waals surface area contributed by atoms with E-state index in [1.165, 1.54) is 0 Å². The van der Waals surface area contributed by atoms with Gasteiger partial charge in [0.05, 0.1) is 20.3 Å². The van der Waals surface area contributed by atoms with Crippen LogP contribution in [0.3, 0.4) is 0 Å². The summed E-state index contributed by atoms with van der Waals surface area (Å²) in [7, 11) is 1.55. The van der Waals surface area contributed by atoms with Gasteiger partial charge in [0.15, 0.2) is 11.5 Å². The lowest BCUT2D eigenvalue weighted by molar-refractivity contribution is -0.122. The van der Waals surface area contributed by atoms with Crippen LogP contribution in [0, 0.1) is 0 Å². The molecule has 2 aromatic rings. The first-order valence-corrected chi connectivity index (χ1v) is 8.72. The molecule has 0 radical (unpaired) electrons. The molecule has 7 nitrogen and oxygen atoms in total. The normalized spacial score (nSPS) is 10.0. The molecule has 2 aromatic carbocycles. The van der Waals surface area contributed by atoms with Gasteiger partial charge >= 0.3 is 0 Å². The van der Waals surface area contributed by atoms with E-state index in [2.05, 4.69) is 10.9 Å². The minimum absolute atomic E-state index is 0.222. The van der Waals surface area contributed by atoms with Crippen LogP contribution in [0.2, 0.25) is 0 Å². The van der Waals surface area contributed by atoms with Crippen LogP contribution in [0.1, 0.15) is 30.1 Å². The van der Waals surface area contributed by atoms with E-state index in [-0.39, 0.29) is 12.3 Å². The summed E-state index contributed by atoms with van der Waals surface area (Å²) < 4.78 is 16.2. The Balaban J connectivity index is 1.68. The maximum atomic E-state index is 12.0. The maximum absolute atomic E-state index is 12.0. The standard InChI is InChI=1S/C20H24N2O5/c1-3-26-17-7-4-5-8-18(17)27-14-6-9-19(23)21-22-20(24)15-10-12-16(25-2)13-11-15/h4-5,7-8,10-13H,3,6,9,14H2,1-2H3,(H,21,23)(H,22,24). The predicted octanol–water partition coefficient (Wildman–Crippen LogP) is 2.71. The van der Waals surface area contributed by atoms with Crippen molar-refractivity contribution in [2.45, 2.75) is 19.8 Å². The highest BCUT2D eigenvalue weighted by molar-refractivity contribution is 5.95. The van der Waals surface area contributed by atoms with E-state index < -0.39 is 5.91 Å². The van der Waals surface area contributed by atoms with Gasteiger partial charge in [-0.05, 0) is 49.7 Å². The number of benzene rings is 2. The molecule has 2 amide bonds. The van der Waals surface area contributed by atoms with Gasteiger partial charge in [0, 0.05) is 12.0 Å². The van der Waals surface area contributed by atoms with E-state index in [1.807, 2.05) is 31.2 Å². The minimum Gasteiger partial charge on any atom is -0.497 e. The number of ether oxygens (including phenoxy) is 3.